The van der Waals surface area contributed by atoms with Gasteiger partial charge in [-0.3, -0.25) is 0 Å². The summed E-state index contributed by atoms with van der Waals surface area (Å²) in [6.07, 6.45) is 0. The molecule has 4 nitrogen and oxygen atoms in total. The molecular weight excluding hydrogens is 220 g/mol. The third-order valence-corrected chi connectivity index (χ3v) is 2.32. The Bertz CT molecular complexity index is 322. The van der Waals surface area contributed by atoms with E-state index in [4.69, 9.17) is 19.3 Å². The second-order valence-corrected chi connectivity index (χ2v) is 3.85. The van der Waals surface area contributed by atoms with Crippen LogP contribution in [0.25, 0.3) is 0 Å². The van der Waals surface area contributed by atoms with Crippen molar-refractivity contribution in [1.29, 1.82) is 0 Å². The standard InChI is InChI=1S/C13H20O4/c1-10-6-11(8-15-2)13(17-5-4-14)12(7-10)9-16-3/h6-7,14H,4-5,8-9H2,1-3H3. The van der Waals surface area contributed by atoms with E-state index in [1.807, 2.05) is 19.1 Å². The Morgan fingerprint density at radius 2 is 1.59 bits per heavy atom. The van der Waals surface area contributed by atoms with Crippen LogP contribution < -0.4 is 4.74 Å². The predicted molar refractivity (Wildman–Crippen MR) is 65.2 cm³/mol. The molecule has 0 radical (unpaired) electrons. The summed E-state index contributed by atoms with van der Waals surface area (Å²) in [6, 6.07) is 4.05. The van der Waals surface area contributed by atoms with Gasteiger partial charge in [-0.15, -0.1) is 0 Å². The molecule has 1 aromatic carbocycles. The molecule has 0 fully saturated rings. The maximum Gasteiger partial charge on any atom is 0.130 e. The fraction of sp³-hybridized carbons (Fsp3) is 0.538. The lowest BCUT2D eigenvalue weighted by Gasteiger charge is -2.16. The highest BCUT2D eigenvalue weighted by Gasteiger charge is 2.11. The minimum Gasteiger partial charge on any atom is -0.490 e. The molecule has 96 valence electrons. The number of methoxy groups -OCH3 is 2. The Morgan fingerprint density at radius 1 is 1.06 bits per heavy atom. The topological polar surface area (TPSA) is 47.9 Å². The molecule has 0 aromatic heterocycles. The lowest BCUT2D eigenvalue weighted by atomic mass is 10.1. The van der Waals surface area contributed by atoms with Crippen LogP contribution in [0.1, 0.15) is 16.7 Å². The number of hydrogen-bond donors (Lipinski definition) is 1. The zero-order valence-electron chi connectivity index (χ0n) is 10.7. The van der Waals surface area contributed by atoms with Crippen LogP contribution in [0.5, 0.6) is 5.75 Å². The Labute approximate surface area is 102 Å². The molecule has 0 saturated heterocycles. The van der Waals surface area contributed by atoms with Crippen LogP contribution >= 0.6 is 0 Å². The van der Waals surface area contributed by atoms with Crippen LogP contribution in [0.3, 0.4) is 0 Å². The zero-order chi connectivity index (χ0) is 12.7. The zero-order valence-corrected chi connectivity index (χ0v) is 10.7. The summed E-state index contributed by atoms with van der Waals surface area (Å²) in [6.45, 7) is 3.26. The molecule has 0 atom stereocenters. The fourth-order valence-corrected chi connectivity index (χ4v) is 1.79. The van der Waals surface area contributed by atoms with Gasteiger partial charge in [0.15, 0.2) is 0 Å². The summed E-state index contributed by atoms with van der Waals surface area (Å²) < 4.78 is 15.9. The largest absolute Gasteiger partial charge is 0.490 e. The molecule has 17 heavy (non-hydrogen) atoms. The van der Waals surface area contributed by atoms with Crippen LogP contribution in [0, 0.1) is 6.92 Å². The monoisotopic (exact) mass is 240 g/mol. The SMILES string of the molecule is COCc1cc(C)cc(COC)c1OCCO. The van der Waals surface area contributed by atoms with Crippen molar-refractivity contribution in [2.45, 2.75) is 20.1 Å². The van der Waals surface area contributed by atoms with Gasteiger partial charge in [-0.1, -0.05) is 17.7 Å². The number of rotatable bonds is 7. The number of aliphatic hydroxyl groups is 1. The van der Waals surface area contributed by atoms with Gasteiger partial charge in [-0.25, -0.2) is 0 Å². The molecule has 0 saturated carbocycles. The van der Waals surface area contributed by atoms with E-state index < -0.39 is 0 Å². The van der Waals surface area contributed by atoms with Gasteiger partial charge in [-0.2, -0.15) is 0 Å². The highest BCUT2D eigenvalue weighted by Crippen LogP contribution is 2.27. The third kappa shape index (κ3) is 4.00. The van der Waals surface area contributed by atoms with Gasteiger partial charge in [0.1, 0.15) is 12.4 Å². The van der Waals surface area contributed by atoms with E-state index >= 15 is 0 Å². The lowest BCUT2D eigenvalue weighted by molar-refractivity contribution is 0.160. The molecule has 1 rings (SSSR count). The number of hydrogen-bond acceptors (Lipinski definition) is 4. The molecule has 0 unspecified atom stereocenters. The Hall–Kier alpha value is -1.10. The molecule has 4 heteroatoms. The summed E-state index contributed by atoms with van der Waals surface area (Å²) in [5.41, 5.74) is 3.10. The maximum absolute atomic E-state index is 8.84. The Balaban J connectivity index is 3.06. The van der Waals surface area contributed by atoms with Crippen LogP contribution in [-0.2, 0) is 22.7 Å². The summed E-state index contributed by atoms with van der Waals surface area (Å²) >= 11 is 0. The molecule has 0 amide bonds. The van der Waals surface area contributed by atoms with Crippen LogP contribution in [0.15, 0.2) is 12.1 Å². The van der Waals surface area contributed by atoms with E-state index in [1.165, 1.54) is 0 Å². The van der Waals surface area contributed by atoms with Crippen molar-refractivity contribution in [2.75, 3.05) is 27.4 Å². The summed E-state index contributed by atoms with van der Waals surface area (Å²) in [7, 11) is 3.29. The second-order valence-electron chi connectivity index (χ2n) is 3.85. The second kappa shape index (κ2) is 7.27. The van der Waals surface area contributed by atoms with Gasteiger partial charge in [-0.05, 0) is 6.92 Å². The van der Waals surface area contributed by atoms with Crippen molar-refractivity contribution >= 4 is 0 Å². The van der Waals surface area contributed by atoms with Crippen LogP contribution in [0.2, 0.25) is 0 Å². The minimum absolute atomic E-state index is 0.00722. The minimum atomic E-state index is -0.00722. The first kappa shape index (κ1) is 14.0. The summed E-state index contributed by atoms with van der Waals surface area (Å²) in [5.74, 6) is 0.758. The highest BCUT2D eigenvalue weighted by molar-refractivity contribution is 5.44. The van der Waals surface area contributed by atoms with Crippen molar-refractivity contribution in [1.82, 2.24) is 0 Å². The molecule has 0 aliphatic heterocycles. The molecule has 0 aliphatic rings. The van der Waals surface area contributed by atoms with Crippen molar-refractivity contribution in [3.05, 3.63) is 28.8 Å². The lowest BCUT2D eigenvalue weighted by Crippen LogP contribution is -2.08. The van der Waals surface area contributed by atoms with Gasteiger partial charge in [0.05, 0.1) is 19.8 Å². The number of aryl methyl sites for hydroxylation is 1. The van der Waals surface area contributed by atoms with Gasteiger partial charge in [0.2, 0.25) is 0 Å². The van der Waals surface area contributed by atoms with Crippen molar-refractivity contribution in [3.63, 3.8) is 0 Å². The molecule has 0 heterocycles. The number of ether oxygens (including phenoxy) is 3. The molecule has 0 spiro atoms. The van der Waals surface area contributed by atoms with Crippen LogP contribution in [0.4, 0.5) is 0 Å². The van der Waals surface area contributed by atoms with E-state index in [0.29, 0.717) is 13.2 Å². The third-order valence-electron chi connectivity index (χ3n) is 2.32. The van der Waals surface area contributed by atoms with Crippen LogP contribution in [-0.4, -0.2) is 32.5 Å². The highest BCUT2D eigenvalue weighted by atomic mass is 16.5. The number of aliphatic hydroxyl groups excluding tert-OH is 1. The molecule has 1 N–H and O–H groups in total. The molecule has 1 aromatic rings. The van der Waals surface area contributed by atoms with E-state index in [1.54, 1.807) is 14.2 Å². The first-order valence-electron chi connectivity index (χ1n) is 5.56. The average Bonchev–Trinajstić information content (AvgIpc) is 2.29. The van der Waals surface area contributed by atoms with Gasteiger partial charge < -0.3 is 19.3 Å². The Kier molecular flexibility index (Phi) is 5.97. The normalized spacial score (nSPS) is 10.6. The smallest absolute Gasteiger partial charge is 0.130 e. The average molecular weight is 240 g/mol. The molecule has 0 aliphatic carbocycles. The first-order valence-corrected chi connectivity index (χ1v) is 5.56. The predicted octanol–water partition coefficient (Wildman–Crippen LogP) is 1.66. The summed E-state index contributed by atoms with van der Waals surface area (Å²) in [5, 5.41) is 8.84. The van der Waals surface area contributed by atoms with E-state index in [0.717, 1.165) is 22.4 Å². The van der Waals surface area contributed by atoms with E-state index in [2.05, 4.69) is 0 Å². The number of benzene rings is 1. The summed E-state index contributed by atoms with van der Waals surface area (Å²) in [4.78, 5) is 0. The van der Waals surface area contributed by atoms with E-state index in [-0.39, 0.29) is 13.2 Å². The maximum atomic E-state index is 8.84. The Morgan fingerprint density at radius 3 is 2.00 bits per heavy atom. The quantitative estimate of drug-likeness (QED) is 0.787. The van der Waals surface area contributed by atoms with Gasteiger partial charge >= 0.3 is 0 Å². The van der Waals surface area contributed by atoms with E-state index in [9.17, 15) is 0 Å². The van der Waals surface area contributed by atoms with Gasteiger partial charge in [0, 0.05) is 25.3 Å². The molecular formula is C13H20O4. The van der Waals surface area contributed by atoms with Crippen molar-refractivity contribution < 1.29 is 19.3 Å². The molecule has 0 bridgehead atoms. The van der Waals surface area contributed by atoms with Crippen molar-refractivity contribution in [3.8, 4) is 5.75 Å². The van der Waals surface area contributed by atoms with Gasteiger partial charge in [0.25, 0.3) is 0 Å². The van der Waals surface area contributed by atoms with Crippen molar-refractivity contribution in [2.24, 2.45) is 0 Å². The fourth-order valence-electron chi connectivity index (χ4n) is 1.79. The first-order chi connectivity index (χ1) is 8.22.